The predicted octanol–water partition coefficient (Wildman–Crippen LogP) is 2.04. The first kappa shape index (κ1) is 13.4. The Morgan fingerprint density at radius 3 is 2.56 bits per heavy atom. The number of benzene rings is 1. The van der Waals surface area contributed by atoms with Crippen molar-refractivity contribution in [3.05, 3.63) is 29.8 Å². The Morgan fingerprint density at radius 2 is 2.00 bits per heavy atom. The third-order valence-corrected chi connectivity index (χ3v) is 4.17. The zero-order chi connectivity index (χ0) is 13.1. The van der Waals surface area contributed by atoms with Gasteiger partial charge in [-0.2, -0.15) is 0 Å². The number of hydrazine groups is 1. The molecule has 0 spiro atoms. The maximum atomic E-state index is 10.9. The fourth-order valence-corrected chi connectivity index (χ4v) is 2.77. The van der Waals surface area contributed by atoms with Gasteiger partial charge in [0.15, 0.2) is 0 Å². The third kappa shape index (κ3) is 2.85. The molecule has 1 fully saturated rings. The van der Waals surface area contributed by atoms with Gasteiger partial charge in [0.1, 0.15) is 0 Å². The smallest absolute Gasteiger partial charge is 0.303 e. The van der Waals surface area contributed by atoms with Gasteiger partial charge in [-0.1, -0.05) is 12.1 Å². The van der Waals surface area contributed by atoms with Crippen LogP contribution in [0.1, 0.15) is 24.9 Å². The van der Waals surface area contributed by atoms with Gasteiger partial charge in [-0.15, -0.1) is 11.8 Å². The lowest BCUT2D eigenvalue weighted by Gasteiger charge is -2.19. The Bertz CT molecular complexity index is 422. The fraction of sp³-hybridized carbons (Fsp3) is 0.462. The average Bonchev–Trinajstić information content (AvgIpc) is 2.71. The number of hydrogen-bond acceptors (Lipinski definition) is 4. The SMILES string of the molecule is CSc1ccc(C2NNC(C)C2CC(=O)O)cc1. The molecule has 0 bridgehead atoms. The largest absolute Gasteiger partial charge is 0.481 e. The highest BCUT2D eigenvalue weighted by Gasteiger charge is 2.35. The van der Waals surface area contributed by atoms with E-state index >= 15 is 0 Å². The minimum absolute atomic E-state index is 0.0620. The standard InChI is InChI=1S/C13H18N2O2S/c1-8-11(7-12(16)17)13(15-14-8)9-3-5-10(18-2)6-4-9/h3-6,8,11,13-15H,7H2,1-2H3,(H,16,17). The number of nitrogens with one attached hydrogen (secondary N) is 2. The molecule has 98 valence electrons. The highest BCUT2D eigenvalue weighted by Crippen LogP contribution is 2.31. The molecule has 18 heavy (non-hydrogen) atoms. The van der Waals surface area contributed by atoms with Crippen LogP contribution in [0.3, 0.4) is 0 Å². The summed E-state index contributed by atoms with van der Waals surface area (Å²) in [5.74, 6) is -0.675. The summed E-state index contributed by atoms with van der Waals surface area (Å²) in [6.45, 7) is 2.01. The molecule has 3 N–H and O–H groups in total. The maximum absolute atomic E-state index is 10.9. The zero-order valence-electron chi connectivity index (χ0n) is 10.5. The van der Waals surface area contributed by atoms with E-state index in [-0.39, 0.29) is 24.4 Å². The monoisotopic (exact) mass is 266 g/mol. The highest BCUT2D eigenvalue weighted by atomic mass is 32.2. The molecule has 4 nitrogen and oxygen atoms in total. The third-order valence-electron chi connectivity index (χ3n) is 3.42. The van der Waals surface area contributed by atoms with Crippen LogP contribution in [0.25, 0.3) is 0 Å². The van der Waals surface area contributed by atoms with Crippen LogP contribution in [0.5, 0.6) is 0 Å². The van der Waals surface area contributed by atoms with Gasteiger partial charge in [0, 0.05) is 16.9 Å². The summed E-state index contributed by atoms with van der Waals surface area (Å²) in [5, 5.41) is 8.98. The predicted molar refractivity (Wildman–Crippen MR) is 72.4 cm³/mol. The molecular formula is C13H18N2O2S. The molecule has 5 heteroatoms. The average molecular weight is 266 g/mol. The number of carboxylic acids is 1. The summed E-state index contributed by atoms with van der Waals surface area (Å²) < 4.78 is 0. The van der Waals surface area contributed by atoms with Crippen molar-refractivity contribution in [2.75, 3.05) is 6.26 Å². The molecule has 0 amide bonds. The van der Waals surface area contributed by atoms with Crippen LogP contribution >= 0.6 is 11.8 Å². The van der Waals surface area contributed by atoms with Crippen molar-refractivity contribution in [2.24, 2.45) is 5.92 Å². The molecule has 0 saturated carbocycles. The normalized spacial score (nSPS) is 27.3. The Balaban J connectivity index is 2.17. The molecule has 1 aromatic rings. The van der Waals surface area contributed by atoms with Crippen LogP contribution in [-0.4, -0.2) is 23.4 Å². The number of carboxylic acid groups (broad SMARTS) is 1. The molecule has 0 radical (unpaired) electrons. The van der Waals surface area contributed by atoms with Crippen LogP contribution < -0.4 is 10.9 Å². The molecule has 1 heterocycles. The number of aliphatic carboxylic acids is 1. The van der Waals surface area contributed by atoms with Crippen molar-refractivity contribution in [1.82, 2.24) is 10.9 Å². The summed E-state index contributed by atoms with van der Waals surface area (Å²) >= 11 is 1.70. The molecule has 1 aliphatic rings. The molecule has 1 saturated heterocycles. The van der Waals surface area contributed by atoms with Crippen molar-refractivity contribution in [1.29, 1.82) is 0 Å². The van der Waals surface area contributed by atoms with Gasteiger partial charge in [-0.3, -0.25) is 10.2 Å². The van der Waals surface area contributed by atoms with Gasteiger partial charge in [-0.05, 0) is 30.9 Å². The van der Waals surface area contributed by atoms with E-state index in [1.54, 1.807) is 11.8 Å². The Kier molecular flexibility index (Phi) is 4.27. The summed E-state index contributed by atoms with van der Waals surface area (Å²) in [7, 11) is 0. The Hall–Kier alpha value is -1.04. The van der Waals surface area contributed by atoms with E-state index in [0.717, 1.165) is 5.56 Å². The molecule has 1 aliphatic heterocycles. The van der Waals surface area contributed by atoms with Crippen molar-refractivity contribution in [3.63, 3.8) is 0 Å². The zero-order valence-corrected chi connectivity index (χ0v) is 11.3. The van der Waals surface area contributed by atoms with E-state index in [0.29, 0.717) is 0 Å². The van der Waals surface area contributed by atoms with Crippen LogP contribution in [0, 0.1) is 5.92 Å². The second-order valence-electron chi connectivity index (χ2n) is 4.59. The first-order chi connectivity index (χ1) is 8.61. The minimum atomic E-state index is -0.747. The van der Waals surface area contributed by atoms with E-state index in [1.807, 2.05) is 13.2 Å². The van der Waals surface area contributed by atoms with E-state index < -0.39 is 5.97 Å². The van der Waals surface area contributed by atoms with Crippen LogP contribution in [0.4, 0.5) is 0 Å². The lowest BCUT2D eigenvalue weighted by molar-refractivity contribution is -0.138. The first-order valence-corrected chi connectivity index (χ1v) is 7.21. The van der Waals surface area contributed by atoms with Crippen molar-refractivity contribution in [2.45, 2.75) is 30.3 Å². The van der Waals surface area contributed by atoms with Gasteiger partial charge in [0.25, 0.3) is 0 Å². The number of rotatable bonds is 4. The Morgan fingerprint density at radius 1 is 1.33 bits per heavy atom. The lowest BCUT2D eigenvalue weighted by atomic mass is 9.88. The second-order valence-corrected chi connectivity index (χ2v) is 5.47. The molecule has 2 rings (SSSR count). The summed E-state index contributed by atoms with van der Waals surface area (Å²) in [6.07, 6.45) is 2.22. The number of thioether (sulfide) groups is 1. The second kappa shape index (κ2) is 5.73. The van der Waals surface area contributed by atoms with E-state index in [2.05, 4.69) is 35.1 Å². The Labute approximate surface area is 111 Å². The van der Waals surface area contributed by atoms with Crippen molar-refractivity contribution < 1.29 is 9.90 Å². The molecule has 3 atom stereocenters. The molecule has 0 aliphatic carbocycles. The van der Waals surface area contributed by atoms with Crippen molar-refractivity contribution >= 4 is 17.7 Å². The lowest BCUT2D eigenvalue weighted by Crippen LogP contribution is -2.29. The van der Waals surface area contributed by atoms with Gasteiger partial charge in [0.05, 0.1) is 12.5 Å². The molecular weight excluding hydrogens is 248 g/mol. The van der Waals surface area contributed by atoms with E-state index in [9.17, 15) is 4.79 Å². The topological polar surface area (TPSA) is 61.4 Å². The van der Waals surface area contributed by atoms with Crippen molar-refractivity contribution in [3.8, 4) is 0 Å². The molecule has 3 unspecified atom stereocenters. The van der Waals surface area contributed by atoms with Crippen LogP contribution in [0.2, 0.25) is 0 Å². The summed E-state index contributed by atoms with van der Waals surface area (Å²) in [5.41, 5.74) is 7.46. The minimum Gasteiger partial charge on any atom is -0.481 e. The summed E-state index contributed by atoms with van der Waals surface area (Å²) in [4.78, 5) is 12.1. The quantitative estimate of drug-likeness (QED) is 0.728. The fourth-order valence-electron chi connectivity index (χ4n) is 2.36. The number of hydrogen-bond donors (Lipinski definition) is 3. The van der Waals surface area contributed by atoms with E-state index in [4.69, 9.17) is 5.11 Å². The van der Waals surface area contributed by atoms with Gasteiger partial charge < -0.3 is 5.11 Å². The van der Waals surface area contributed by atoms with E-state index in [1.165, 1.54) is 4.90 Å². The van der Waals surface area contributed by atoms with Gasteiger partial charge in [0.2, 0.25) is 0 Å². The number of carbonyl (C=O) groups is 1. The highest BCUT2D eigenvalue weighted by molar-refractivity contribution is 7.98. The molecule has 0 aromatic heterocycles. The summed E-state index contributed by atoms with van der Waals surface area (Å²) in [6, 6.07) is 8.50. The van der Waals surface area contributed by atoms with Crippen LogP contribution in [-0.2, 0) is 4.79 Å². The van der Waals surface area contributed by atoms with Gasteiger partial charge >= 0.3 is 5.97 Å². The van der Waals surface area contributed by atoms with Crippen LogP contribution in [0.15, 0.2) is 29.2 Å². The van der Waals surface area contributed by atoms with Gasteiger partial charge in [-0.25, -0.2) is 5.43 Å². The maximum Gasteiger partial charge on any atom is 0.303 e. The first-order valence-electron chi connectivity index (χ1n) is 5.98. The molecule has 1 aromatic carbocycles.